The second kappa shape index (κ2) is 8.12. The summed E-state index contributed by atoms with van der Waals surface area (Å²) in [6.07, 6.45) is 1.74. The Balaban J connectivity index is 2.17. The number of benzene rings is 1. The zero-order chi connectivity index (χ0) is 15.9. The zero-order valence-electron chi connectivity index (χ0n) is 13.4. The van der Waals surface area contributed by atoms with E-state index in [1.807, 2.05) is 19.1 Å². The van der Waals surface area contributed by atoms with E-state index >= 15 is 0 Å². The van der Waals surface area contributed by atoms with Gasteiger partial charge in [-0.2, -0.15) is 0 Å². The highest BCUT2D eigenvalue weighted by atomic mass is 16.7. The second-order valence-corrected chi connectivity index (χ2v) is 4.95. The summed E-state index contributed by atoms with van der Waals surface area (Å²) in [6.45, 7) is 3.11. The Kier molecular flexibility index (Phi) is 6.18. The number of nitrogens with two attached hydrogens (primary N) is 1. The van der Waals surface area contributed by atoms with Crippen LogP contribution >= 0.6 is 0 Å². The first-order valence-electron chi connectivity index (χ1n) is 7.44. The van der Waals surface area contributed by atoms with Crippen molar-refractivity contribution in [3.05, 3.63) is 23.3 Å². The summed E-state index contributed by atoms with van der Waals surface area (Å²) in [6, 6.07) is 3.97. The van der Waals surface area contributed by atoms with Crippen LogP contribution < -0.4 is 15.4 Å². The van der Waals surface area contributed by atoms with Crippen molar-refractivity contribution in [2.45, 2.75) is 32.5 Å². The minimum atomic E-state index is -0.424. The molecular weight excluding hydrogens is 286 g/mol. The van der Waals surface area contributed by atoms with Gasteiger partial charge in [0.25, 0.3) is 6.61 Å². The number of hydrogen-bond donors (Lipinski definition) is 1. The molecule has 1 unspecified atom stereocenters. The molecule has 0 fully saturated rings. The van der Waals surface area contributed by atoms with Gasteiger partial charge in [0.1, 0.15) is 0 Å². The van der Waals surface area contributed by atoms with Crippen molar-refractivity contribution in [3.8, 4) is 11.5 Å². The molecule has 22 heavy (non-hydrogen) atoms. The van der Waals surface area contributed by atoms with Crippen LogP contribution in [0.3, 0.4) is 0 Å². The summed E-state index contributed by atoms with van der Waals surface area (Å²) < 4.78 is 21.9. The fourth-order valence-electron chi connectivity index (χ4n) is 2.58. The van der Waals surface area contributed by atoms with E-state index in [0.717, 1.165) is 23.5 Å². The Morgan fingerprint density at radius 1 is 1.23 bits per heavy atom. The third-order valence-corrected chi connectivity index (χ3v) is 3.67. The standard InChI is InChI=1S/C16H24NO5/c1-4-20-16(22-17)6-5-13-12-10-15(19-3)14(18-2)9-11(12)7-8-21-13/h9-10,16H,4-8,17H2,1-3H3/q+1. The summed E-state index contributed by atoms with van der Waals surface area (Å²) in [5.74, 6) is 7.58. The molecule has 0 aromatic heterocycles. The highest BCUT2D eigenvalue weighted by Gasteiger charge is 2.28. The third-order valence-electron chi connectivity index (χ3n) is 3.67. The molecular formula is C16H24NO5+. The van der Waals surface area contributed by atoms with Crippen molar-refractivity contribution in [1.82, 2.24) is 0 Å². The number of ketones is 1. The lowest BCUT2D eigenvalue weighted by Crippen LogP contribution is -2.23. The molecule has 1 aromatic carbocycles. The number of methoxy groups -OCH3 is 2. The molecule has 0 amide bonds. The number of fused-ring (bicyclic) bond motifs is 1. The molecule has 6 nitrogen and oxygen atoms in total. The van der Waals surface area contributed by atoms with Crippen LogP contribution in [0.5, 0.6) is 11.5 Å². The minimum absolute atomic E-state index is 0.424. The van der Waals surface area contributed by atoms with E-state index in [1.165, 1.54) is 5.56 Å². The third kappa shape index (κ3) is 3.76. The fourth-order valence-corrected chi connectivity index (χ4v) is 2.58. The summed E-state index contributed by atoms with van der Waals surface area (Å²) in [7, 11) is 3.26. The molecule has 1 aromatic rings. The number of rotatable bonds is 8. The predicted octanol–water partition coefficient (Wildman–Crippen LogP) is 2.01. The molecule has 1 aliphatic heterocycles. The predicted molar refractivity (Wildman–Crippen MR) is 82.4 cm³/mol. The first kappa shape index (κ1) is 16.7. The van der Waals surface area contributed by atoms with Crippen LogP contribution in [0, 0.1) is 0 Å². The lowest BCUT2D eigenvalue weighted by Gasteiger charge is -2.16. The van der Waals surface area contributed by atoms with Gasteiger partial charge in [0.15, 0.2) is 17.8 Å². The van der Waals surface area contributed by atoms with Crippen LogP contribution in [0.4, 0.5) is 0 Å². The van der Waals surface area contributed by atoms with Gasteiger partial charge in [-0.3, -0.25) is 9.26 Å². The van der Waals surface area contributed by atoms with Crippen molar-refractivity contribution in [3.63, 3.8) is 0 Å². The quantitative estimate of drug-likeness (QED) is 0.452. The van der Waals surface area contributed by atoms with Crippen molar-refractivity contribution >= 4 is 5.78 Å². The van der Waals surface area contributed by atoms with Crippen LogP contribution in [-0.2, 0) is 16.0 Å². The maximum absolute atomic E-state index is 5.82. The highest BCUT2D eigenvalue weighted by Crippen LogP contribution is 2.33. The molecule has 1 aliphatic rings. The van der Waals surface area contributed by atoms with Crippen molar-refractivity contribution in [1.29, 1.82) is 0 Å². The molecule has 2 rings (SSSR count). The minimum Gasteiger partial charge on any atom is -0.493 e. The summed E-state index contributed by atoms with van der Waals surface area (Å²) in [5.41, 5.74) is 2.25. The second-order valence-electron chi connectivity index (χ2n) is 4.95. The summed E-state index contributed by atoms with van der Waals surface area (Å²) in [5, 5.41) is 0. The molecule has 2 N–H and O–H groups in total. The van der Waals surface area contributed by atoms with Gasteiger partial charge in [0, 0.05) is 19.1 Å². The fraction of sp³-hybridized carbons (Fsp3) is 0.562. The van der Waals surface area contributed by atoms with E-state index in [2.05, 4.69) is 0 Å². The van der Waals surface area contributed by atoms with Crippen LogP contribution in [-0.4, -0.2) is 39.5 Å². The highest BCUT2D eigenvalue weighted by molar-refractivity contribution is 5.99. The molecule has 0 bridgehead atoms. The molecule has 1 atom stereocenters. The molecule has 0 saturated heterocycles. The van der Waals surface area contributed by atoms with Crippen molar-refractivity contribution in [2.24, 2.45) is 5.90 Å². The van der Waals surface area contributed by atoms with Gasteiger partial charge in [-0.25, -0.2) is 5.90 Å². The Hall–Kier alpha value is -1.63. The van der Waals surface area contributed by atoms with Crippen molar-refractivity contribution < 1.29 is 23.5 Å². The normalized spacial score (nSPS) is 15.0. The van der Waals surface area contributed by atoms with Gasteiger partial charge < -0.3 is 14.2 Å². The van der Waals surface area contributed by atoms with Crippen LogP contribution in [0.1, 0.15) is 35.3 Å². The van der Waals surface area contributed by atoms with Crippen LogP contribution in [0.15, 0.2) is 12.1 Å². The number of ether oxygens (including phenoxy) is 3. The van der Waals surface area contributed by atoms with E-state index in [-0.39, 0.29) is 0 Å². The summed E-state index contributed by atoms with van der Waals surface area (Å²) in [4.78, 5) is 4.82. The van der Waals surface area contributed by atoms with Gasteiger partial charge in [-0.05, 0) is 18.6 Å². The molecule has 1 heterocycles. The maximum atomic E-state index is 5.82. The van der Waals surface area contributed by atoms with E-state index in [4.69, 9.17) is 29.4 Å². The molecule has 0 spiro atoms. The van der Waals surface area contributed by atoms with E-state index in [0.29, 0.717) is 31.8 Å². The molecule has 0 saturated carbocycles. The van der Waals surface area contributed by atoms with Crippen LogP contribution in [0.2, 0.25) is 0 Å². The molecule has 0 radical (unpaired) electrons. The lowest BCUT2D eigenvalue weighted by atomic mass is 9.96. The first-order chi connectivity index (χ1) is 10.7. The maximum Gasteiger partial charge on any atom is 0.327 e. The van der Waals surface area contributed by atoms with Gasteiger partial charge in [-0.15, -0.1) is 0 Å². The number of carbonyl (C=O) groups excluding carboxylic acids is 1. The van der Waals surface area contributed by atoms with Gasteiger partial charge in [-0.1, -0.05) is 0 Å². The van der Waals surface area contributed by atoms with Gasteiger partial charge in [0.2, 0.25) is 0 Å². The SMILES string of the molecule is CCOC(CCC1=[O+]CCc2cc(OC)c(OC)cc21)ON. The largest absolute Gasteiger partial charge is 0.493 e. The Morgan fingerprint density at radius 2 is 1.95 bits per heavy atom. The molecule has 0 aliphatic carbocycles. The molecule has 6 heteroatoms. The zero-order valence-corrected chi connectivity index (χ0v) is 13.4. The Bertz CT molecular complexity index is 530. The van der Waals surface area contributed by atoms with Gasteiger partial charge >= 0.3 is 5.78 Å². The van der Waals surface area contributed by atoms with E-state index < -0.39 is 6.29 Å². The average molecular weight is 310 g/mol. The Morgan fingerprint density at radius 3 is 2.59 bits per heavy atom. The Labute approximate surface area is 130 Å². The van der Waals surface area contributed by atoms with E-state index in [9.17, 15) is 0 Å². The van der Waals surface area contributed by atoms with E-state index in [1.54, 1.807) is 14.2 Å². The van der Waals surface area contributed by atoms with Crippen molar-refractivity contribution in [2.75, 3.05) is 27.4 Å². The van der Waals surface area contributed by atoms with Crippen LogP contribution in [0.25, 0.3) is 0 Å². The topological polar surface area (TPSA) is 74.2 Å². The molecule has 122 valence electrons. The number of hydrogen-bond acceptors (Lipinski definition) is 5. The lowest BCUT2D eigenvalue weighted by molar-refractivity contribution is -0.273. The summed E-state index contributed by atoms with van der Waals surface area (Å²) >= 11 is 0. The first-order valence-corrected chi connectivity index (χ1v) is 7.44. The monoisotopic (exact) mass is 310 g/mol. The average Bonchev–Trinajstić information content (AvgIpc) is 2.57. The van der Waals surface area contributed by atoms with Gasteiger partial charge in [0.05, 0.1) is 32.6 Å². The smallest absolute Gasteiger partial charge is 0.327 e.